The van der Waals surface area contributed by atoms with Gasteiger partial charge < -0.3 is 10.4 Å². The fraction of sp³-hybridized carbons (Fsp3) is 0.538. The van der Waals surface area contributed by atoms with Crippen LogP contribution >= 0.6 is 15.9 Å². The predicted octanol–water partition coefficient (Wildman–Crippen LogP) is 2.62. The molecule has 3 heteroatoms. The molecule has 0 saturated heterocycles. The summed E-state index contributed by atoms with van der Waals surface area (Å²) in [7, 11) is 0. The molecule has 0 bridgehead atoms. The van der Waals surface area contributed by atoms with Crippen molar-refractivity contribution >= 4 is 15.9 Å². The van der Waals surface area contributed by atoms with Crippen molar-refractivity contribution in [3.05, 3.63) is 33.8 Å². The first-order valence-electron chi connectivity index (χ1n) is 5.72. The lowest BCUT2D eigenvalue weighted by molar-refractivity contribution is 0.207. The van der Waals surface area contributed by atoms with E-state index in [2.05, 4.69) is 46.4 Å². The van der Waals surface area contributed by atoms with Gasteiger partial charge in [0, 0.05) is 29.6 Å². The molecule has 0 spiro atoms. The van der Waals surface area contributed by atoms with Crippen molar-refractivity contribution in [2.75, 3.05) is 13.2 Å². The molecule has 2 rings (SSSR count). The van der Waals surface area contributed by atoms with Gasteiger partial charge in [0.1, 0.15) is 0 Å². The SMILES string of the molecule is Cc1ccc(Br)cc1CNCC1(CO)CC1. The van der Waals surface area contributed by atoms with Crippen LogP contribution in [0.25, 0.3) is 0 Å². The number of rotatable bonds is 5. The first kappa shape index (κ1) is 12.1. The monoisotopic (exact) mass is 283 g/mol. The minimum Gasteiger partial charge on any atom is -0.396 e. The number of aliphatic hydroxyl groups is 1. The fourth-order valence-corrected chi connectivity index (χ4v) is 2.27. The number of aliphatic hydroxyl groups excluding tert-OH is 1. The number of halogens is 1. The zero-order valence-corrected chi connectivity index (χ0v) is 11.2. The van der Waals surface area contributed by atoms with E-state index >= 15 is 0 Å². The second-order valence-electron chi connectivity index (χ2n) is 4.83. The molecule has 1 fully saturated rings. The maximum atomic E-state index is 9.20. The second-order valence-corrected chi connectivity index (χ2v) is 5.75. The molecule has 1 aliphatic carbocycles. The van der Waals surface area contributed by atoms with Crippen LogP contribution in [0.4, 0.5) is 0 Å². The Morgan fingerprint density at radius 2 is 2.19 bits per heavy atom. The van der Waals surface area contributed by atoms with Crippen LogP contribution in [0.1, 0.15) is 24.0 Å². The number of nitrogens with one attached hydrogen (secondary N) is 1. The van der Waals surface area contributed by atoms with Crippen LogP contribution in [0.5, 0.6) is 0 Å². The van der Waals surface area contributed by atoms with Gasteiger partial charge in [0.2, 0.25) is 0 Å². The van der Waals surface area contributed by atoms with Crippen LogP contribution in [0.15, 0.2) is 22.7 Å². The lowest BCUT2D eigenvalue weighted by Crippen LogP contribution is -2.26. The van der Waals surface area contributed by atoms with E-state index in [0.29, 0.717) is 6.61 Å². The third-order valence-electron chi connectivity index (χ3n) is 3.42. The van der Waals surface area contributed by atoms with Crippen molar-refractivity contribution in [1.29, 1.82) is 0 Å². The van der Waals surface area contributed by atoms with Gasteiger partial charge in [0.05, 0.1) is 0 Å². The van der Waals surface area contributed by atoms with Crippen molar-refractivity contribution in [2.24, 2.45) is 5.41 Å². The van der Waals surface area contributed by atoms with Crippen LogP contribution in [0.2, 0.25) is 0 Å². The number of aryl methyl sites for hydroxylation is 1. The molecule has 0 heterocycles. The summed E-state index contributed by atoms with van der Waals surface area (Å²) in [5.74, 6) is 0. The molecule has 1 saturated carbocycles. The molecule has 1 aromatic rings. The maximum absolute atomic E-state index is 9.20. The Balaban J connectivity index is 1.87. The summed E-state index contributed by atoms with van der Waals surface area (Å²) in [6.45, 7) is 4.25. The predicted molar refractivity (Wildman–Crippen MR) is 69.3 cm³/mol. The lowest BCUT2D eigenvalue weighted by Gasteiger charge is -2.13. The van der Waals surface area contributed by atoms with E-state index in [1.165, 1.54) is 11.1 Å². The average Bonchev–Trinajstić information content (AvgIpc) is 3.04. The van der Waals surface area contributed by atoms with Gasteiger partial charge in [-0.25, -0.2) is 0 Å². The summed E-state index contributed by atoms with van der Waals surface area (Å²) in [6.07, 6.45) is 2.32. The van der Waals surface area contributed by atoms with Crippen molar-refractivity contribution in [3.8, 4) is 0 Å². The van der Waals surface area contributed by atoms with E-state index in [1.807, 2.05) is 0 Å². The fourth-order valence-electron chi connectivity index (χ4n) is 1.86. The zero-order chi connectivity index (χ0) is 11.6. The Kier molecular flexibility index (Phi) is 3.67. The molecular weight excluding hydrogens is 266 g/mol. The van der Waals surface area contributed by atoms with Gasteiger partial charge in [-0.2, -0.15) is 0 Å². The molecule has 0 amide bonds. The van der Waals surface area contributed by atoms with Crippen molar-refractivity contribution in [2.45, 2.75) is 26.3 Å². The molecule has 1 aliphatic rings. The molecular formula is C13H18BrNO. The van der Waals surface area contributed by atoms with E-state index in [4.69, 9.17) is 0 Å². The summed E-state index contributed by atoms with van der Waals surface area (Å²) in [4.78, 5) is 0. The van der Waals surface area contributed by atoms with Crippen LogP contribution < -0.4 is 5.32 Å². The van der Waals surface area contributed by atoms with Gasteiger partial charge in [-0.1, -0.05) is 22.0 Å². The third-order valence-corrected chi connectivity index (χ3v) is 3.91. The minimum absolute atomic E-state index is 0.194. The first-order valence-corrected chi connectivity index (χ1v) is 6.51. The molecule has 0 radical (unpaired) electrons. The quantitative estimate of drug-likeness (QED) is 0.871. The highest BCUT2D eigenvalue weighted by atomic mass is 79.9. The smallest absolute Gasteiger partial charge is 0.0499 e. The molecule has 0 aromatic heterocycles. The molecule has 0 aliphatic heterocycles. The average molecular weight is 284 g/mol. The molecule has 16 heavy (non-hydrogen) atoms. The van der Waals surface area contributed by atoms with Gasteiger partial charge in [-0.05, 0) is 43.0 Å². The van der Waals surface area contributed by atoms with Gasteiger partial charge >= 0.3 is 0 Å². The summed E-state index contributed by atoms with van der Waals surface area (Å²) in [6, 6.07) is 6.34. The van der Waals surface area contributed by atoms with Crippen LogP contribution in [0.3, 0.4) is 0 Å². The highest BCUT2D eigenvalue weighted by molar-refractivity contribution is 9.10. The van der Waals surface area contributed by atoms with Crippen LogP contribution in [0, 0.1) is 12.3 Å². The Morgan fingerprint density at radius 1 is 1.44 bits per heavy atom. The third kappa shape index (κ3) is 2.84. The van der Waals surface area contributed by atoms with E-state index in [9.17, 15) is 5.11 Å². The highest BCUT2D eigenvalue weighted by Crippen LogP contribution is 2.44. The molecule has 0 unspecified atom stereocenters. The minimum atomic E-state index is 0.194. The van der Waals surface area contributed by atoms with Gasteiger partial charge in [0.15, 0.2) is 0 Å². The number of hydrogen-bond donors (Lipinski definition) is 2. The molecule has 1 aromatic carbocycles. The lowest BCUT2D eigenvalue weighted by atomic mass is 10.1. The molecule has 2 N–H and O–H groups in total. The van der Waals surface area contributed by atoms with Crippen molar-refractivity contribution in [3.63, 3.8) is 0 Å². The Hall–Kier alpha value is -0.380. The summed E-state index contributed by atoms with van der Waals surface area (Å²) < 4.78 is 1.12. The Morgan fingerprint density at radius 3 is 2.81 bits per heavy atom. The molecule has 88 valence electrons. The first-order chi connectivity index (χ1) is 7.65. The van der Waals surface area contributed by atoms with E-state index in [1.54, 1.807) is 0 Å². The van der Waals surface area contributed by atoms with Crippen LogP contribution in [-0.4, -0.2) is 18.3 Å². The highest BCUT2D eigenvalue weighted by Gasteiger charge is 2.41. The van der Waals surface area contributed by atoms with E-state index in [-0.39, 0.29) is 5.41 Å². The molecule has 2 nitrogen and oxygen atoms in total. The summed E-state index contributed by atoms with van der Waals surface area (Å²) >= 11 is 3.49. The number of benzene rings is 1. The standard InChI is InChI=1S/C13H18BrNO/c1-10-2-3-12(14)6-11(10)7-15-8-13(9-16)4-5-13/h2-3,6,15-16H,4-5,7-9H2,1H3. The Bertz CT molecular complexity index is 374. The molecule has 0 atom stereocenters. The van der Waals surface area contributed by atoms with Gasteiger partial charge in [0.25, 0.3) is 0 Å². The largest absolute Gasteiger partial charge is 0.396 e. The normalized spacial score (nSPS) is 17.4. The topological polar surface area (TPSA) is 32.3 Å². The summed E-state index contributed by atoms with van der Waals surface area (Å²) in [5, 5.41) is 12.6. The van der Waals surface area contributed by atoms with E-state index in [0.717, 1.165) is 30.4 Å². The zero-order valence-electron chi connectivity index (χ0n) is 9.59. The van der Waals surface area contributed by atoms with Gasteiger partial charge in [-0.15, -0.1) is 0 Å². The summed E-state index contributed by atoms with van der Waals surface area (Å²) in [5.41, 5.74) is 2.83. The van der Waals surface area contributed by atoms with Gasteiger partial charge in [-0.3, -0.25) is 0 Å². The van der Waals surface area contributed by atoms with Crippen LogP contribution in [-0.2, 0) is 6.54 Å². The second kappa shape index (κ2) is 4.86. The number of hydrogen-bond acceptors (Lipinski definition) is 2. The van der Waals surface area contributed by atoms with Crippen molar-refractivity contribution in [1.82, 2.24) is 5.32 Å². The maximum Gasteiger partial charge on any atom is 0.0499 e. The Labute approximate surface area is 105 Å². The van der Waals surface area contributed by atoms with Crippen molar-refractivity contribution < 1.29 is 5.11 Å². The van der Waals surface area contributed by atoms with E-state index < -0.39 is 0 Å².